The topological polar surface area (TPSA) is 62.3 Å². The third-order valence-corrected chi connectivity index (χ3v) is 2.94. The van der Waals surface area contributed by atoms with Gasteiger partial charge in [-0.1, -0.05) is 6.92 Å². The fraction of sp³-hybridized carbons (Fsp3) is 0.909. The predicted octanol–water partition coefficient (Wildman–Crippen LogP) is 1.20. The van der Waals surface area contributed by atoms with Crippen LogP contribution in [0.3, 0.4) is 0 Å². The lowest BCUT2D eigenvalue weighted by atomic mass is 10.2. The largest absolute Gasteiger partial charge is 0.388 e. The Labute approximate surface area is 92.3 Å². The van der Waals surface area contributed by atoms with E-state index < -0.39 is 0 Å². The summed E-state index contributed by atoms with van der Waals surface area (Å²) in [6, 6.07) is 0. The average molecular weight is 213 g/mol. The van der Waals surface area contributed by atoms with Crippen LogP contribution in [0.5, 0.6) is 0 Å². The predicted molar refractivity (Wildman–Crippen MR) is 62.2 cm³/mol. The first kappa shape index (κ1) is 12.5. The van der Waals surface area contributed by atoms with Crippen molar-refractivity contribution in [2.45, 2.75) is 38.7 Å². The van der Waals surface area contributed by atoms with Crippen LogP contribution in [0.4, 0.5) is 0 Å². The molecule has 0 saturated carbocycles. The number of nitrogens with two attached hydrogens (primary N) is 1. The van der Waals surface area contributed by atoms with Crippen LogP contribution in [-0.2, 0) is 4.74 Å². The molecule has 15 heavy (non-hydrogen) atoms. The van der Waals surface area contributed by atoms with Gasteiger partial charge in [-0.2, -0.15) is 0 Å². The van der Waals surface area contributed by atoms with E-state index in [1.54, 1.807) is 0 Å². The Hall–Kier alpha value is -0.610. The minimum atomic E-state index is 0.283. The first-order valence-corrected chi connectivity index (χ1v) is 5.89. The first-order valence-electron chi connectivity index (χ1n) is 5.89. The number of rotatable bonds is 7. The summed E-state index contributed by atoms with van der Waals surface area (Å²) in [6.07, 6.45) is 4.69. The lowest BCUT2D eigenvalue weighted by Gasteiger charge is -2.21. The highest BCUT2D eigenvalue weighted by molar-refractivity contribution is 5.76. The Bertz CT molecular complexity index is 190. The smallest absolute Gasteiger partial charge is 0.0918 e. The second-order valence-electron chi connectivity index (χ2n) is 4.13. The molecule has 0 amide bonds. The van der Waals surface area contributed by atoms with Gasteiger partial charge < -0.3 is 15.4 Å². The van der Waals surface area contributed by atoms with Gasteiger partial charge in [-0.05, 0) is 25.8 Å². The molecular formula is C11H23N3O. The SMILES string of the molecule is CCN(CCC(=N)N)CCC1CCCO1. The van der Waals surface area contributed by atoms with E-state index in [2.05, 4.69) is 11.8 Å². The van der Waals surface area contributed by atoms with E-state index >= 15 is 0 Å². The van der Waals surface area contributed by atoms with Gasteiger partial charge in [-0.3, -0.25) is 5.41 Å². The molecule has 0 aromatic carbocycles. The molecule has 1 unspecified atom stereocenters. The molecule has 1 heterocycles. The Balaban J connectivity index is 2.12. The molecule has 0 aromatic rings. The molecule has 1 fully saturated rings. The van der Waals surface area contributed by atoms with E-state index in [9.17, 15) is 0 Å². The molecule has 0 aromatic heterocycles. The van der Waals surface area contributed by atoms with E-state index in [0.717, 1.165) is 32.7 Å². The molecule has 3 N–H and O–H groups in total. The maximum atomic E-state index is 7.19. The maximum absolute atomic E-state index is 7.19. The van der Waals surface area contributed by atoms with Gasteiger partial charge in [-0.15, -0.1) is 0 Å². The second-order valence-corrected chi connectivity index (χ2v) is 4.13. The van der Waals surface area contributed by atoms with Crippen LogP contribution in [0, 0.1) is 5.41 Å². The normalized spacial score (nSPS) is 21.1. The molecule has 1 rings (SSSR count). The summed E-state index contributed by atoms with van der Waals surface area (Å²) >= 11 is 0. The van der Waals surface area contributed by atoms with Crippen LogP contribution in [0.2, 0.25) is 0 Å². The van der Waals surface area contributed by atoms with Gasteiger partial charge in [0.25, 0.3) is 0 Å². The van der Waals surface area contributed by atoms with Gasteiger partial charge in [-0.25, -0.2) is 0 Å². The molecule has 1 saturated heterocycles. The minimum Gasteiger partial charge on any atom is -0.388 e. The van der Waals surface area contributed by atoms with Crippen LogP contribution in [0.1, 0.15) is 32.6 Å². The van der Waals surface area contributed by atoms with Crippen molar-refractivity contribution in [3.8, 4) is 0 Å². The van der Waals surface area contributed by atoms with Crippen LogP contribution in [0.25, 0.3) is 0 Å². The van der Waals surface area contributed by atoms with Crippen LogP contribution in [0.15, 0.2) is 0 Å². The van der Waals surface area contributed by atoms with E-state index in [1.165, 1.54) is 12.8 Å². The average Bonchev–Trinajstić information content (AvgIpc) is 2.70. The highest BCUT2D eigenvalue weighted by atomic mass is 16.5. The van der Waals surface area contributed by atoms with Gasteiger partial charge in [0, 0.05) is 26.1 Å². The highest BCUT2D eigenvalue weighted by Gasteiger charge is 2.16. The summed E-state index contributed by atoms with van der Waals surface area (Å²) in [4.78, 5) is 2.34. The molecule has 1 aliphatic heterocycles. The lowest BCUT2D eigenvalue weighted by molar-refractivity contribution is 0.0930. The second kappa shape index (κ2) is 6.80. The molecule has 0 spiro atoms. The van der Waals surface area contributed by atoms with Crippen molar-refractivity contribution in [2.24, 2.45) is 5.73 Å². The standard InChI is InChI=1S/C11H23N3O/c1-2-14(8-6-11(12)13)7-5-10-4-3-9-15-10/h10H,2-9H2,1H3,(H3,12,13). The molecule has 0 bridgehead atoms. The third kappa shape index (κ3) is 5.14. The van der Waals surface area contributed by atoms with Crippen molar-refractivity contribution in [3.05, 3.63) is 0 Å². The van der Waals surface area contributed by atoms with E-state index in [-0.39, 0.29) is 5.84 Å². The Morgan fingerprint density at radius 2 is 2.33 bits per heavy atom. The summed E-state index contributed by atoms with van der Waals surface area (Å²) in [6.45, 7) is 6.08. The van der Waals surface area contributed by atoms with E-state index in [4.69, 9.17) is 15.9 Å². The van der Waals surface area contributed by atoms with Crippen molar-refractivity contribution in [1.82, 2.24) is 4.90 Å². The van der Waals surface area contributed by atoms with E-state index in [0.29, 0.717) is 12.5 Å². The van der Waals surface area contributed by atoms with Crippen molar-refractivity contribution in [3.63, 3.8) is 0 Å². The van der Waals surface area contributed by atoms with Gasteiger partial charge in [0.05, 0.1) is 11.9 Å². The highest BCUT2D eigenvalue weighted by Crippen LogP contribution is 2.15. The number of hydrogen-bond donors (Lipinski definition) is 2. The van der Waals surface area contributed by atoms with Gasteiger partial charge in [0.15, 0.2) is 0 Å². The van der Waals surface area contributed by atoms with E-state index in [1.807, 2.05) is 0 Å². The Morgan fingerprint density at radius 1 is 1.53 bits per heavy atom. The monoisotopic (exact) mass is 213 g/mol. The Morgan fingerprint density at radius 3 is 2.87 bits per heavy atom. The van der Waals surface area contributed by atoms with Gasteiger partial charge >= 0.3 is 0 Å². The summed E-state index contributed by atoms with van der Waals surface area (Å²) < 4.78 is 5.58. The zero-order chi connectivity index (χ0) is 11.1. The molecule has 1 atom stereocenters. The third-order valence-electron chi connectivity index (χ3n) is 2.94. The first-order chi connectivity index (χ1) is 7.22. The molecule has 1 aliphatic rings. The van der Waals surface area contributed by atoms with Gasteiger partial charge in [0.2, 0.25) is 0 Å². The van der Waals surface area contributed by atoms with Crippen LogP contribution >= 0.6 is 0 Å². The van der Waals surface area contributed by atoms with Crippen LogP contribution < -0.4 is 5.73 Å². The molecule has 0 aliphatic carbocycles. The number of nitrogens with one attached hydrogen (secondary N) is 1. The number of amidine groups is 1. The number of ether oxygens (including phenoxy) is 1. The molecule has 0 radical (unpaired) electrons. The fourth-order valence-corrected chi connectivity index (χ4v) is 1.91. The summed E-state index contributed by atoms with van der Waals surface area (Å²) in [5.74, 6) is 0.283. The Kier molecular flexibility index (Phi) is 5.65. The lowest BCUT2D eigenvalue weighted by Crippen LogP contribution is -2.30. The molecule has 4 heteroatoms. The number of nitrogens with zero attached hydrogens (tertiary/aromatic N) is 1. The summed E-state index contributed by atoms with van der Waals surface area (Å²) in [5.41, 5.74) is 5.35. The van der Waals surface area contributed by atoms with Crippen LogP contribution in [-0.4, -0.2) is 43.1 Å². The minimum absolute atomic E-state index is 0.283. The van der Waals surface area contributed by atoms with Crippen molar-refractivity contribution in [2.75, 3.05) is 26.2 Å². The molecule has 4 nitrogen and oxygen atoms in total. The van der Waals surface area contributed by atoms with Crippen molar-refractivity contribution < 1.29 is 4.74 Å². The molecular weight excluding hydrogens is 190 g/mol. The number of hydrogen-bond acceptors (Lipinski definition) is 3. The maximum Gasteiger partial charge on any atom is 0.0918 e. The van der Waals surface area contributed by atoms with Crippen molar-refractivity contribution in [1.29, 1.82) is 5.41 Å². The van der Waals surface area contributed by atoms with Crippen molar-refractivity contribution >= 4 is 5.84 Å². The fourth-order valence-electron chi connectivity index (χ4n) is 1.91. The zero-order valence-electron chi connectivity index (χ0n) is 9.67. The molecule has 88 valence electrons. The summed E-state index contributed by atoms with van der Waals surface area (Å²) in [7, 11) is 0. The quantitative estimate of drug-likeness (QED) is 0.493. The zero-order valence-corrected chi connectivity index (χ0v) is 9.67. The summed E-state index contributed by atoms with van der Waals surface area (Å²) in [5, 5.41) is 7.19. The van der Waals surface area contributed by atoms with Gasteiger partial charge in [0.1, 0.15) is 0 Å².